The van der Waals surface area contributed by atoms with Crippen LogP contribution in [0.25, 0.3) is 5.69 Å². The first-order valence-corrected chi connectivity index (χ1v) is 10.0. The molecule has 1 amide bonds. The minimum Gasteiger partial charge on any atom is -0.333 e. The van der Waals surface area contributed by atoms with Gasteiger partial charge in [0.25, 0.3) is 5.91 Å². The molecule has 0 saturated heterocycles. The predicted octanol–water partition coefficient (Wildman–Crippen LogP) is 4.01. The molecule has 0 bridgehead atoms. The largest absolute Gasteiger partial charge is 0.333 e. The van der Waals surface area contributed by atoms with Gasteiger partial charge in [-0.2, -0.15) is 5.10 Å². The second-order valence-electron chi connectivity index (χ2n) is 8.27. The normalized spacial score (nSPS) is 21.5. The zero-order valence-electron chi connectivity index (χ0n) is 15.7. The molecule has 29 heavy (non-hydrogen) atoms. The molecule has 2 aliphatic carbocycles. The number of rotatable bonds is 2. The number of fused-ring (bicyclic) bond motifs is 4. The maximum atomic E-state index is 14.5. The van der Waals surface area contributed by atoms with E-state index in [1.54, 1.807) is 4.68 Å². The first-order chi connectivity index (χ1) is 14.1. The van der Waals surface area contributed by atoms with Crippen molar-refractivity contribution in [2.75, 3.05) is 6.54 Å². The Morgan fingerprint density at radius 2 is 1.93 bits per heavy atom. The Labute approximate surface area is 166 Å². The van der Waals surface area contributed by atoms with Crippen molar-refractivity contribution in [2.45, 2.75) is 31.7 Å². The van der Waals surface area contributed by atoms with E-state index in [-0.39, 0.29) is 11.6 Å². The fourth-order valence-corrected chi connectivity index (χ4v) is 4.94. The monoisotopic (exact) mass is 391 g/mol. The van der Waals surface area contributed by atoms with Gasteiger partial charge in [-0.1, -0.05) is 24.3 Å². The third-order valence-corrected chi connectivity index (χ3v) is 6.52. The number of carbonyl (C=O) groups excluding carboxylic acids is 1. The average Bonchev–Trinajstić information content (AvgIpc) is 3.23. The molecule has 2 atom stereocenters. The zero-order chi connectivity index (χ0) is 19.7. The molecule has 6 heteroatoms. The highest BCUT2D eigenvalue weighted by molar-refractivity contribution is 5.94. The number of benzene rings is 2. The van der Waals surface area contributed by atoms with E-state index in [2.05, 4.69) is 17.2 Å². The predicted molar refractivity (Wildman–Crippen MR) is 103 cm³/mol. The lowest BCUT2D eigenvalue weighted by atomic mass is 9.99. The maximum Gasteiger partial charge on any atom is 0.274 e. The Kier molecular flexibility index (Phi) is 3.49. The molecule has 0 radical (unpaired) electrons. The highest BCUT2D eigenvalue weighted by atomic mass is 19.1. The van der Waals surface area contributed by atoms with Crippen LogP contribution in [0.15, 0.2) is 42.5 Å². The van der Waals surface area contributed by atoms with Gasteiger partial charge in [0.15, 0.2) is 11.5 Å². The summed E-state index contributed by atoms with van der Waals surface area (Å²) in [5, 5.41) is 4.56. The van der Waals surface area contributed by atoms with Crippen LogP contribution in [0.3, 0.4) is 0 Å². The lowest BCUT2D eigenvalue weighted by Gasteiger charge is -2.28. The number of nitrogens with zero attached hydrogens (tertiary/aromatic N) is 3. The topological polar surface area (TPSA) is 38.1 Å². The molecular formula is C23H19F2N3O. The van der Waals surface area contributed by atoms with E-state index in [9.17, 15) is 13.6 Å². The van der Waals surface area contributed by atoms with Crippen LogP contribution in [0.2, 0.25) is 0 Å². The average molecular weight is 391 g/mol. The third kappa shape index (κ3) is 2.55. The molecule has 146 valence electrons. The number of aromatic nitrogens is 2. The summed E-state index contributed by atoms with van der Waals surface area (Å²) < 4.78 is 29.4. The van der Waals surface area contributed by atoms with E-state index in [1.165, 1.54) is 17.7 Å². The standard InChI is InChI=1S/C23H19F2N3O/c24-16-5-6-20(19(25)11-16)28-22-17-9-15(17)10-18(22)21(26-28)23(29)27-8-7-13-3-1-2-4-14(13)12-27/h1-6,11,15,17H,7-10,12H2/t15-,17-/m1/s1. The van der Waals surface area contributed by atoms with E-state index in [4.69, 9.17) is 0 Å². The highest BCUT2D eigenvalue weighted by Crippen LogP contribution is 2.57. The molecule has 4 nitrogen and oxygen atoms in total. The Morgan fingerprint density at radius 1 is 1.10 bits per heavy atom. The zero-order valence-corrected chi connectivity index (χ0v) is 15.7. The third-order valence-electron chi connectivity index (χ3n) is 6.52. The van der Waals surface area contributed by atoms with Crippen molar-refractivity contribution < 1.29 is 13.6 Å². The van der Waals surface area contributed by atoms with E-state index in [0.717, 1.165) is 42.1 Å². The molecule has 1 aromatic heterocycles. The van der Waals surface area contributed by atoms with Gasteiger partial charge in [0.2, 0.25) is 0 Å². The molecule has 1 aliphatic heterocycles. The molecular weight excluding hydrogens is 372 g/mol. The smallest absolute Gasteiger partial charge is 0.274 e. The Hall–Kier alpha value is -3.02. The fourth-order valence-electron chi connectivity index (χ4n) is 4.94. The molecule has 2 heterocycles. The summed E-state index contributed by atoms with van der Waals surface area (Å²) in [5.74, 6) is -0.539. The van der Waals surface area contributed by atoms with E-state index in [0.29, 0.717) is 30.6 Å². The van der Waals surface area contributed by atoms with Gasteiger partial charge in [-0.3, -0.25) is 4.79 Å². The van der Waals surface area contributed by atoms with Crippen molar-refractivity contribution in [3.8, 4) is 5.69 Å². The van der Waals surface area contributed by atoms with Crippen LogP contribution in [0.4, 0.5) is 8.78 Å². The van der Waals surface area contributed by atoms with Gasteiger partial charge < -0.3 is 4.90 Å². The maximum absolute atomic E-state index is 14.5. The molecule has 1 fully saturated rings. The number of halogens is 2. The molecule has 0 unspecified atom stereocenters. The molecule has 2 aromatic carbocycles. The quantitative estimate of drug-likeness (QED) is 0.662. The molecule has 3 aromatic rings. The van der Waals surface area contributed by atoms with E-state index >= 15 is 0 Å². The van der Waals surface area contributed by atoms with Crippen molar-refractivity contribution >= 4 is 5.91 Å². The second kappa shape index (κ2) is 5.99. The summed E-state index contributed by atoms with van der Waals surface area (Å²) in [6.07, 6.45) is 2.68. The number of amides is 1. The Balaban J connectivity index is 1.40. The van der Waals surface area contributed by atoms with Crippen LogP contribution in [0.1, 0.15) is 45.2 Å². The molecule has 3 aliphatic rings. The number of hydrogen-bond donors (Lipinski definition) is 0. The SMILES string of the molecule is O=C(c1nn(-c2ccc(F)cc2F)c2c1C[C@H]1C[C@@H]21)N1CCc2ccccc2C1. The fraction of sp³-hybridized carbons (Fsp3) is 0.304. The summed E-state index contributed by atoms with van der Waals surface area (Å²) in [7, 11) is 0. The van der Waals surface area contributed by atoms with Gasteiger partial charge in [-0.05, 0) is 48.4 Å². The van der Waals surface area contributed by atoms with E-state index in [1.807, 2.05) is 17.0 Å². The summed E-state index contributed by atoms with van der Waals surface area (Å²) in [6, 6.07) is 11.7. The van der Waals surface area contributed by atoms with Crippen molar-refractivity contribution in [2.24, 2.45) is 5.92 Å². The summed E-state index contributed by atoms with van der Waals surface area (Å²) >= 11 is 0. The number of hydrogen-bond acceptors (Lipinski definition) is 2. The van der Waals surface area contributed by atoms with Crippen LogP contribution in [0, 0.1) is 17.6 Å². The summed E-state index contributed by atoms with van der Waals surface area (Å²) in [5.41, 5.74) is 4.95. The van der Waals surface area contributed by atoms with Crippen LogP contribution in [-0.4, -0.2) is 27.1 Å². The molecule has 0 N–H and O–H groups in total. The second-order valence-corrected chi connectivity index (χ2v) is 8.27. The van der Waals surface area contributed by atoms with Gasteiger partial charge >= 0.3 is 0 Å². The minimum atomic E-state index is -0.662. The van der Waals surface area contributed by atoms with Crippen molar-refractivity contribution in [1.82, 2.24) is 14.7 Å². The van der Waals surface area contributed by atoms with Crippen LogP contribution < -0.4 is 0 Å². The molecule has 0 spiro atoms. The van der Waals surface area contributed by atoms with Crippen LogP contribution in [-0.2, 0) is 19.4 Å². The molecule has 1 saturated carbocycles. The van der Waals surface area contributed by atoms with Crippen molar-refractivity contribution in [3.63, 3.8) is 0 Å². The van der Waals surface area contributed by atoms with Gasteiger partial charge in [0, 0.05) is 30.6 Å². The molecule has 6 rings (SSSR count). The summed E-state index contributed by atoms with van der Waals surface area (Å²) in [4.78, 5) is 15.2. The Morgan fingerprint density at radius 3 is 2.76 bits per heavy atom. The van der Waals surface area contributed by atoms with Crippen LogP contribution in [0.5, 0.6) is 0 Å². The van der Waals surface area contributed by atoms with Gasteiger partial charge in [-0.25, -0.2) is 13.5 Å². The van der Waals surface area contributed by atoms with Crippen molar-refractivity contribution in [3.05, 3.63) is 82.2 Å². The summed E-state index contributed by atoms with van der Waals surface area (Å²) in [6.45, 7) is 1.21. The van der Waals surface area contributed by atoms with Gasteiger partial charge in [0.05, 0.1) is 5.69 Å². The van der Waals surface area contributed by atoms with Crippen LogP contribution >= 0.6 is 0 Å². The lowest BCUT2D eigenvalue weighted by Crippen LogP contribution is -2.36. The first-order valence-electron chi connectivity index (χ1n) is 10.0. The Bertz CT molecular complexity index is 1170. The van der Waals surface area contributed by atoms with Gasteiger partial charge in [-0.15, -0.1) is 0 Å². The lowest BCUT2D eigenvalue weighted by molar-refractivity contribution is 0.0727. The number of carbonyl (C=O) groups is 1. The van der Waals surface area contributed by atoms with Gasteiger partial charge in [0.1, 0.15) is 11.5 Å². The minimum absolute atomic E-state index is 0.0988. The first kappa shape index (κ1) is 16.9. The van der Waals surface area contributed by atoms with E-state index < -0.39 is 11.6 Å². The highest BCUT2D eigenvalue weighted by Gasteiger charge is 2.50. The van der Waals surface area contributed by atoms with Crippen molar-refractivity contribution in [1.29, 1.82) is 0 Å².